The molecule has 0 amide bonds. The van der Waals surface area contributed by atoms with Crippen molar-refractivity contribution in [2.24, 2.45) is 0 Å². The third-order valence-electron chi connectivity index (χ3n) is 5.71. The molecule has 4 heteroatoms. The predicted octanol–water partition coefficient (Wildman–Crippen LogP) is 7.19. The Bertz CT molecular complexity index is 1460. The average molecular weight is 437 g/mol. The fourth-order valence-electron chi connectivity index (χ4n) is 4.15. The van der Waals surface area contributed by atoms with Crippen LogP contribution in [0.25, 0.3) is 32.3 Å². The van der Waals surface area contributed by atoms with E-state index in [0.29, 0.717) is 16.7 Å². The number of phenols is 2. The predicted molar refractivity (Wildman–Crippen MR) is 131 cm³/mol. The second kappa shape index (κ2) is 7.98. The van der Waals surface area contributed by atoms with E-state index in [1.807, 2.05) is 60.8 Å². The minimum absolute atomic E-state index is 0.0674. The molecule has 3 nitrogen and oxygen atoms in total. The standard InChI is InChI=1S/C28H20O3S/c1-17-10-15-22(28(31)23-16-32-25-9-5-3-6-20(23)25)27(18-11-13-19(29)14-12-18)26(17)21-7-2-4-8-24(21)30/h2-16,29-30H,1H3. The van der Waals surface area contributed by atoms with Gasteiger partial charge >= 0.3 is 0 Å². The maximum atomic E-state index is 13.9. The molecule has 1 aromatic heterocycles. The van der Waals surface area contributed by atoms with Gasteiger partial charge in [-0.05, 0) is 47.9 Å². The van der Waals surface area contributed by atoms with Crippen molar-refractivity contribution in [3.63, 3.8) is 0 Å². The van der Waals surface area contributed by atoms with Gasteiger partial charge in [-0.1, -0.05) is 60.7 Å². The number of aryl methyl sites for hydroxylation is 1. The van der Waals surface area contributed by atoms with Crippen LogP contribution in [0.15, 0.2) is 90.3 Å². The summed E-state index contributed by atoms with van der Waals surface area (Å²) in [6.07, 6.45) is 0. The minimum Gasteiger partial charge on any atom is -0.508 e. The third-order valence-corrected chi connectivity index (χ3v) is 6.68. The van der Waals surface area contributed by atoms with E-state index in [1.54, 1.807) is 47.7 Å². The van der Waals surface area contributed by atoms with Crippen LogP contribution in [0.5, 0.6) is 11.5 Å². The summed E-state index contributed by atoms with van der Waals surface area (Å²) >= 11 is 1.55. The first-order valence-corrected chi connectivity index (χ1v) is 11.1. The van der Waals surface area contributed by atoms with Crippen molar-refractivity contribution < 1.29 is 15.0 Å². The third kappa shape index (κ3) is 3.35. The highest BCUT2D eigenvalue weighted by molar-refractivity contribution is 7.17. The second-order valence-corrected chi connectivity index (χ2v) is 8.63. The Morgan fingerprint density at radius 2 is 1.47 bits per heavy atom. The number of hydrogen-bond donors (Lipinski definition) is 2. The van der Waals surface area contributed by atoms with Crippen LogP contribution in [-0.2, 0) is 0 Å². The first kappa shape index (κ1) is 20.0. The lowest BCUT2D eigenvalue weighted by Crippen LogP contribution is -2.05. The van der Waals surface area contributed by atoms with Gasteiger partial charge in [0.15, 0.2) is 5.78 Å². The summed E-state index contributed by atoms with van der Waals surface area (Å²) in [5.74, 6) is 0.241. The number of aromatic hydroxyl groups is 2. The van der Waals surface area contributed by atoms with Crippen LogP contribution in [0.3, 0.4) is 0 Å². The molecular formula is C28H20O3S. The Hall–Kier alpha value is -3.89. The van der Waals surface area contributed by atoms with Gasteiger partial charge in [0, 0.05) is 37.7 Å². The first-order chi connectivity index (χ1) is 15.5. The number of carbonyl (C=O) groups excluding carboxylic acids is 1. The second-order valence-electron chi connectivity index (χ2n) is 7.72. The molecule has 0 aliphatic rings. The van der Waals surface area contributed by atoms with Crippen molar-refractivity contribution in [3.05, 3.63) is 107 Å². The van der Waals surface area contributed by atoms with Crippen molar-refractivity contribution in [1.29, 1.82) is 0 Å². The highest BCUT2D eigenvalue weighted by Crippen LogP contribution is 2.42. The largest absolute Gasteiger partial charge is 0.508 e. The molecule has 4 aromatic carbocycles. The Kier molecular flexibility index (Phi) is 5.00. The van der Waals surface area contributed by atoms with Gasteiger partial charge in [-0.25, -0.2) is 0 Å². The van der Waals surface area contributed by atoms with E-state index in [-0.39, 0.29) is 17.3 Å². The van der Waals surface area contributed by atoms with E-state index in [0.717, 1.165) is 32.3 Å². The number of fused-ring (bicyclic) bond motifs is 1. The summed E-state index contributed by atoms with van der Waals surface area (Å²) in [6, 6.07) is 25.7. The molecule has 0 aliphatic heterocycles. The number of phenolic OH excluding ortho intramolecular Hbond substituents is 2. The molecule has 1 heterocycles. The van der Waals surface area contributed by atoms with Crippen molar-refractivity contribution in [3.8, 4) is 33.8 Å². The molecule has 0 bridgehead atoms. The van der Waals surface area contributed by atoms with Crippen LogP contribution in [0.4, 0.5) is 0 Å². The molecule has 0 radical (unpaired) electrons. The smallest absolute Gasteiger partial charge is 0.195 e. The SMILES string of the molecule is Cc1ccc(C(=O)c2csc3ccccc23)c(-c2ccc(O)cc2)c1-c1ccccc1O. The molecule has 0 saturated carbocycles. The molecule has 0 spiro atoms. The number of ketones is 1. The van der Waals surface area contributed by atoms with Crippen molar-refractivity contribution in [2.45, 2.75) is 6.92 Å². The van der Waals surface area contributed by atoms with Gasteiger partial charge in [-0.3, -0.25) is 4.79 Å². The van der Waals surface area contributed by atoms with E-state index in [4.69, 9.17) is 0 Å². The summed E-state index contributed by atoms with van der Waals surface area (Å²) in [4.78, 5) is 13.9. The van der Waals surface area contributed by atoms with Crippen LogP contribution >= 0.6 is 11.3 Å². The van der Waals surface area contributed by atoms with Gasteiger partial charge in [0.1, 0.15) is 11.5 Å². The molecule has 0 fully saturated rings. The lowest BCUT2D eigenvalue weighted by molar-refractivity contribution is 0.104. The van der Waals surface area contributed by atoms with Crippen LogP contribution in [0.2, 0.25) is 0 Å². The van der Waals surface area contributed by atoms with Gasteiger partial charge in [0.05, 0.1) is 0 Å². The highest BCUT2D eigenvalue weighted by atomic mass is 32.1. The number of rotatable bonds is 4. The fraction of sp³-hybridized carbons (Fsp3) is 0.0357. The number of para-hydroxylation sites is 1. The number of benzene rings is 4. The number of carbonyl (C=O) groups is 1. The van der Waals surface area contributed by atoms with Crippen LogP contribution in [-0.4, -0.2) is 16.0 Å². The molecule has 0 atom stereocenters. The number of thiophene rings is 1. The van der Waals surface area contributed by atoms with Gasteiger partial charge < -0.3 is 10.2 Å². The molecular weight excluding hydrogens is 416 g/mol. The molecule has 2 N–H and O–H groups in total. The average Bonchev–Trinajstić information content (AvgIpc) is 3.24. The Morgan fingerprint density at radius 3 is 2.25 bits per heavy atom. The molecule has 32 heavy (non-hydrogen) atoms. The van der Waals surface area contributed by atoms with Crippen molar-refractivity contribution in [2.75, 3.05) is 0 Å². The highest BCUT2D eigenvalue weighted by Gasteiger charge is 2.23. The van der Waals surface area contributed by atoms with E-state index >= 15 is 0 Å². The quantitative estimate of drug-likeness (QED) is 0.293. The van der Waals surface area contributed by atoms with E-state index < -0.39 is 0 Å². The first-order valence-electron chi connectivity index (χ1n) is 10.3. The monoisotopic (exact) mass is 436 g/mol. The molecule has 0 saturated heterocycles. The molecule has 156 valence electrons. The van der Waals surface area contributed by atoms with Crippen molar-refractivity contribution >= 4 is 27.2 Å². The zero-order chi connectivity index (χ0) is 22.2. The normalized spacial score (nSPS) is 11.0. The maximum absolute atomic E-state index is 13.9. The Morgan fingerprint density at radius 1 is 0.750 bits per heavy atom. The maximum Gasteiger partial charge on any atom is 0.195 e. The minimum atomic E-state index is -0.0674. The lowest BCUT2D eigenvalue weighted by Gasteiger charge is -2.18. The Balaban J connectivity index is 1.82. The van der Waals surface area contributed by atoms with Gasteiger partial charge in [0.2, 0.25) is 0 Å². The summed E-state index contributed by atoms with van der Waals surface area (Å²) in [7, 11) is 0. The zero-order valence-electron chi connectivity index (χ0n) is 17.4. The summed E-state index contributed by atoms with van der Waals surface area (Å²) in [6.45, 7) is 1.97. The fourth-order valence-corrected chi connectivity index (χ4v) is 5.10. The van der Waals surface area contributed by atoms with E-state index in [1.165, 1.54) is 0 Å². The molecule has 0 unspecified atom stereocenters. The van der Waals surface area contributed by atoms with Gasteiger partial charge in [0.25, 0.3) is 0 Å². The Labute approximate surface area is 189 Å². The van der Waals surface area contributed by atoms with E-state index in [9.17, 15) is 15.0 Å². The number of hydrogen-bond acceptors (Lipinski definition) is 4. The van der Waals surface area contributed by atoms with Crippen LogP contribution in [0.1, 0.15) is 21.5 Å². The zero-order valence-corrected chi connectivity index (χ0v) is 18.2. The van der Waals surface area contributed by atoms with Crippen LogP contribution < -0.4 is 0 Å². The molecule has 0 aliphatic carbocycles. The summed E-state index contributed by atoms with van der Waals surface area (Å²) in [5.41, 5.74) is 5.18. The molecule has 5 aromatic rings. The summed E-state index contributed by atoms with van der Waals surface area (Å²) < 4.78 is 1.06. The van der Waals surface area contributed by atoms with Crippen molar-refractivity contribution in [1.82, 2.24) is 0 Å². The summed E-state index contributed by atoms with van der Waals surface area (Å²) in [5, 5.41) is 23.3. The van der Waals surface area contributed by atoms with Crippen LogP contribution in [0, 0.1) is 6.92 Å². The van der Waals surface area contributed by atoms with Gasteiger partial charge in [-0.2, -0.15) is 0 Å². The van der Waals surface area contributed by atoms with E-state index in [2.05, 4.69) is 0 Å². The topological polar surface area (TPSA) is 57.5 Å². The molecule has 5 rings (SSSR count). The van der Waals surface area contributed by atoms with Gasteiger partial charge in [-0.15, -0.1) is 11.3 Å². The lowest BCUT2D eigenvalue weighted by atomic mass is 9.84.